The van der Waals surface area contributed by atoms with E-state index in [0.717, 1.165) is 12.9 Å². The van der Waals surface area contributed by atoms with Gasteiger partial charge in [0.15, 0.2) is 0 Å². The number of hydrogen-bond acceptors (Lipinski definition) is 7. The molecule has 0 amide bonds. The predicted molar refractivity (Wildman–Crippen MR) is 66.1 cm³/mol. The summed E-state index contributed by atoms with van der Waals surface area (Å²) in [6.07, 6.45) is 0. The van der Waals surface area contributed by atoms with E-state index >= 15 is 0 Å². The number of thioether (sulfide) groups is 1. The van der Waals surface area contributed by atoms with Gasteiger partial charge in [-0.1, -0.05) is 36.4 Å². The van der Waals surface area contributed by atoms with Crippen molar-refractivity contribution in [1.29, 1.82) is 0 Å². The van der Waals surface area contributed by atoms with E-state index in [-0.39, 0.29) is 0 Å². The van der Waals surface area contributed by atoms with Gasteiger partial charge in [0.05, 0.1) is 9.10 Å². The van der Waals surface area contributed by atoms with Crippen molar-refractivity contribution < 1.29 is 0 Å². The molecule has 1 heterocycles. The molecule has 0 nitrogen and oxygen atoms in total. The average molecular weight is 274 g/mol. The molecule has 0 radical (unpaired) electrons. The standard InChI is InChI=1S/C4H2S7/c5-2-1(9-4(7)8)3(6)11-10-2/h5H,(H,7,8)/p-1. The summed E-state index contributed by atoms with van der Waals surface area (Å²) in [5.74, 6) is 0. The molecule has 1 rings (SSSR count). The first-order valence-electron chi connectivity index (χ1n) is 2.32. The molecule has 0 aliphatic heterocycles. The van der Waals surface area contributed by atoms with E-state index in [0.29, 0.717) is 3.53 Å². The highest BCUT2D eigenvalue weighted by molar-refractivity contribution is 8.37. The zero-order valence-electron chi connectivity index (χ0n) is 4.90. The van der Waals surface area contributed by atoms with Gasteiger partial charge >= 0.3 is 0 Å². The molecule has 0 aliphatic carbocycles. The second-order valence-corrected chi connectivity index (χ2v) is 7.62. The van der Waals surface area contributed by atoms with E-state index in [2.05, 4.69) is 12.6 Å². The molecule has 0 atom stereocenters. The molecule has 0 aromatic carbocycles. The maximum Gasteiger partial charge on any atom is 0.116 e. The molecule has 0 saturated heterocycles. The summed E-state index contributed by atoms with van der Waals surface area (Å²) in [7, 11) is 3.07. The molecule has 0 saturated carbocycles. The van der Waals surface area contributed by atoms with Gasteiger partial charge < -0.3 is 24.8 Å². The molecule has 0 bridgehead atoms. The summed E-state index contributed by atoms with van der Waals surface area (Å²) >= 11 is 20.2. The minimum Gasteiger partial charge on any atom is -0.422 e. The van der Waals surface area contributed by atoms with Gasteiger partial charge in [-0.05, 0) is 0 Å². The van der Waals surface area contributed by atoms with Crippen LogP contribution in [0.25, 0.3) is 0 Å². The van der Waals surface area contributed by atoms with Crippen LogP contribution in [0.5, 0.6) is 0 Å². The topological polar surface area (TPSA) is 0 Å². The molecule has 0 fully saturated rings. The third-order valence-electron chi connectivity index (χ3n) is 0.761. The van der Waals surface area contributed by atoms with Crippen LogP contribution in [-0.4, -0.2) is 3.53 Å². The van der Waals surface area contributed by atoms with Gasteiger partial charge in [-0.2, -0.15) is 0 Å². The van der Waals surface area contributed by atoms with Crippen molar-refractivity contribution in [2.24, 2.45) is 0 Å². The predicted octanol–water partition coefficient (Wildman–Crippen LogP) is 3.75. The molecule has 0 spiro atoms. The lowest BCUT2D eigenvalue weighted by Crippen LogP contribution is -1.76. The Balaban J connectivity index is 3.01. The van der Waals surface area contributed by atoms with Gasteiger partial charge in [0, 0.05) is 0 Å². The molecule has 0 N–H and O–H groups in total. The maximum atomic E-state index is 5.04. The maximum absolute atomic E-state index is 5.04. The first-order chi connectivity index (χ1) is 5.11. The summed E-state index contributed by atoms with van der Waals surface area (Å²) in [4.78, 5) is 0.943. The van der Waals surface area contributed by atoms with Crippen molar-refractivity contribution in [3.8, 4) is 0 Å². The van der Waals surface area contributed by atoms with Gasteiger partial charge in [0.1, 0.15) is 3.82 Å². The van der Waals surface area contributed by atoms with Crippen LogP contribution in [0.3, 0.4) is 0 Å². The van der Waals surface area contributed by atoms with Crippen molar-refractivity contribution in [2.45, 2.75) is 9.10 Å². The van der Waals surface area contributed by atoms with Crippen LogP contribution < -0.4 is 0 Å². The van der Waals surface area contributed by atoms with E-state index < -0.39 is 0 Å². The van der Waals surface area contributed by atoms with Gasteiger partial charge in [0.2, 0.25) is 0 Å². The molecule has 1 aromatic heterocycles. The molecule has 1 aromatic rings. The van der Waals surface area contributed by atoms with Crippen LogP contribution in [0.2, 0.25) is 0 Å². The number of rotatable bonds is 1. The highest BCUT2D eigenvalue weighted by atomic mass is 32.9. The third-order valence-corrected chi connectivity index (χ3v) is 6.27. The lowest BCUT2D eigenvalue weighted by Gasteiger charge is -2.01. The Morgan fingerprint density at radius 1 is 1.55 bits per heavy atom. The van der Waals surface area contributed by atoms with E-state index in [1.807, 2.05) is 0 Å². The van der Waals surface area contributed by atoms with E-state index in [9.17, 15) is 0 Å². The Morgan fingerprint density at radius 3 is 2.55 bits per heavy atom. The van der Waals surface area contributed by atoms with Gasteiger partial charge in [-0.3, -0.25) is 0 Å². The Hall–Kier alpha value is 1.28. The van der Waals surface area contributed by atoms with Crippen LogP contribution in [0.4, 0.5) is 0 Å². The average Bonchev–Trinajstić information content (AvgIpc) is 2.18. The van der Waals surface area contributed by atoms with Crippen LogP contribution in [0.15, 0.2) is 9.10 Å². The highest BCUT2D eigenvalue weighted by Gasteiger charge is 2.03. The largest absolute Gasteiger partial charge is 0.422 e. The highest BCUT2D eigenvalue weighted by Crippen LogP contribution is 2.36. The minimum absolute atomic E-state index is 0.469. The molecular weight excluding hydrogens is 273 g/mol. The van der Waals surface area contributed by atoms with Gasteiger partial charge in [0.25, 0.3) is 0 Å². The molecule has 0 unspecified atom stereocenters. The first kappa shape index (κ1) is 10.4. The summed E-state index contributed by atoms with van der Waals surface area (Å²) in [5, 5.41) is 0. The molecular formula is C4HS7-. The Labute approximate surface area is 97.6 Å². The van der Waals surface area contributed by atoms with Crippen LogP contribution in [0.1, 0.15) is 0 Å². The smallest absolute Gasteiger partial charge is 0.116 e. The zero-order valence-corrected chi connectivity index (χ0v) is 10.7. The second-order valence-electron chi connectivity index (χ2n) is 1.44. The summed E-state index contributed by atoms with van der Waals surface area (Å²) in [6, 6.07) is 0. The van der Waals surface area contributed by atoms with Crippen molar-refractivity contribution in [2.75, 3.05) is 0 Å². The minimum atomic E-state index is 0.469. The molecule has 0 aliphatic rings. The molecule has 60 valence electrons. The van der Waals surface area contributed by atoms with Gasteiger partial charge in [-0.15, -0.1) is 24.4 Å². The first-order valence-corrected chi connectivity index (χ1v) is 6.96. The number of thiocarbonyl (C=S) groups is 1. The molecule has 7 heteroatoms. The normalized spacial score (nSPS) is 9.91. The number of thiol groups is 1. The van der Waals surface area contributed by atoms with Crippen LogP contribution in [0, 0.1) is 3.82 Å². The van der Waals surface area contributed by atoms with E-state index in [4.69, 9.17) is 37.1 Å². The van der Waals surface area contributed by atoms with Crippen LogP contribution in [-0.2, 0) is 12.6 Å². The fourth-order valence-corrected chi connectivity index (χ4v) is 4.93. The molecule has 11 heavy (non-hydrogen) atoms. The van der Waals surface area contributed by atoms with Crippen molar-refractivity contribution >= 4 is 85.7 Å². The Bertz CT molecular complexity index is 317. The van der Waals surface area contributed by atoms with Crippen molar-refractivity contribution in [3.63, 3.8) is 0 Å². The van der Waals surface area contributed by atoms with E-state index in [1.54, 1.807) is 10.3 Å². The van der Waals surface area contributed by atoms with Crippen LogP contribution >= 0.6 is 69.5 Å². The second kappa shape index (κ2) is 4.50. The monoisotopic (exact) mass is 273 g/mol. The summed E-state index contributed by atoms with van der Waals surface area (Å²) in [5.41, 5.74) is 0. The van der Waals surface area contributed by atoms with E-state index in [1.165, 1.54) is 22.1 Å². The fraction of sp³-hybridized carbons (Fsp3) is 0. The quantitative estimate of drug-likeness (QED) is 0.272. The van der Waals surface area contributed by atoms with Crippen molar-refractivity contribution in [1.82, 2.24) is 0 Å². The lowest BCUT2D eigenvalue weighted by atomic mass is 10.8. The fourth-order valence-electron chi connectivity index (χ4n) is 0.409. The Morgan fingerprint density at radius 2 is 2.18 bits per heavy atom. The summed E-state index contributed by atoms with van der Waals surface area (Å²) in [6.45, 7) is 0. The number of hydrogen-bond donors (Lipinski definition) is 1. The lowest BCUT2D eigenvalue weighted by molar-refractivity contribution is 1.42. The Kier molecular flexibility index (Phi) is 4.24. The SMILES string of the molecule is S=C([S-])Sc1c(S)ssc1=S. The third kappa shape index (κ3) is 2.91. The van der Waals surface area contributed by atoms with Crippen molar-refractivity contribution in [3.05, 3.63) is 3.82 Å². The summed E-state index contributed by atoms with van der Waals surface area (Å²) < 4.78 is 2.21. The zero-order chi connectivity index (χ0) is 8.43. The van der Waals surface area contributed by atoms with Gasteiger partial charge in [-0.25, -0.2) is 0 Å².